The van der Waals surface area contributed by atoms with Crippen molar-refractivity contribution in [2.24, 2.45) is 0 Å². The third-order valence-corrected chi connectivity index (χ3v) is 2.22. The minimum Gasteiger partial charge on any atom is -0.371 e. The van der Waals surface area contributed by atoms with Crippen LogP contribution >= 0.6 is 0 Å². The molecule has 0 aliphatic rings. The molecule has 0 heterocycles. The zero-order valence-electron chi connectivity index (χ0n) is 9.58. The molecule has 0 amide bonds. The van der Waals surface area contributed by atoms with Gasteiger partial charge in [-0.05, 0) is 38.1 Å². The number of Topliss-reactive ketones (excluding diaryl/α,β-unsaturated/α-hetero) is 1. The lowest BCUT2D eigenvalue weighted by atomic mass is 10.1. The van der Waals surface area contributed by atoms with E-state index in [2.05, 4.69) is 11.5 Å². The third kappa shape index (κ3) is 3.24. The van der Waals surface area contributed by atoms with Crippen LogP contribution in [0.15, 0.2) is 36.4 Å². The molecule has 1 aromatic rings. The van der Waals surface area contributed by atoms with Crippen molar-refractivity contribution < 1.29 is 4.79 Å². The van der Waals surface area contributed by atoms with Crippen molar-refractivity contribution in [2.45, 2.75) is 13.8 Å². The zero-order valence-corrected chi connectivity index (χ0v) is 9.58. The number of carbonyl (C=O) groups is 1. The molecule has 0 radical (unpaired) electrons. The molecule has 0 spiro atoms. The van der Waals surface area contributed by atoms with Gasteiger partial charge in [-0.2, -0.15) is 0 Å². The van der Waals surface area contributed by atoms with Crippen molar-refractivity contribution in [3.63, 3.8) is 0 Å². The molecule has 0 unspecified atom stereocenters. The molecule has 0 saturated heterocycles. The number of hydrogen-bond donors (Lipinski definition) is 0. The molecule has 2 heteroatoms. The fraction of sp³-hybridized carbons (Fsp3) is 0.308. The molecule has 80 valence electrons. The van der Waals surface area contributed by atoms with Crippen molar-refractivity contribution in [3.8, 4) is 0 Å². The van der Waals surface area contributed by atoms with Gasteiger partial charge in [0, 0.05) is 24.8 Å². The average molecular weight is 203 g/mol. The van der Waals surface area contributed by atoms with E-state index in [1.807, 2.05) is 38.2 Å². The highest BCUT2D eigenvalue weighted by molar-refractivity contribution is 5.94. The Morgan fingerprint density at radius 3 is 2.20 bits per heavy atom. The van der Waals surface area contributed by atoms with Gasteiger partial charge in [0.15, 0.2) is 5.78 Å². The quantitative estimate of drug-likeness (QED) is 0.554. The Balaban J connectivity index is 2.79. The van der Waals surface area contributed by atoms with E-state index in [4.69, 9.17) is 0 Å². The first-order valence-corrected chi connectivity index (χ1v) is 4.97. The highest BCUT2D eigenvalue weighted by Gasteiger charge is 2.02. The highest BCUT2D eigenvalue weighted by atomic mass is 16.1. The Labute approximate surface area is 91.2 Å². The van der Waals surface area contributed by atoms with Gasteiger partial charge >= 0.3 is 0 Å². The van der Waals surface area contributed by atoms with Crippen LogP contribution in [-0.4, -0.2) is 19.4 Å². The van der Waals surface area contributed by atoms with Gasteiger partial charge in [0.1, 0.15) is 0 Å². The van der Waals surface area contributed by atoms with Crippen LogP contribution in [0.5, 0.6) is 0 Å². The Morgan fingerprint density at radius 1 is 1.27 bits per heavy atom. The first-order valence-electron chi connectivity index (χ1n) is 4.97. The van der Waals surface area contributed by atoms with E-state index in [1.54, 1.807) is 6.92 Å². The van der Waals surface area contributed by atoms with Crippen LogP contribution in [0, 0.1) is 0 Å². The topological polar surface area (TPSA) is 20.3 Å². The second-order valence-electron chi connectivity index (χ2n) is 3.92. The molecule has 0 atom stereocenters. The summed E-state index contributed by atoms with van der Waals surface area (Å²) < 4.78 is 0. The number of nitrogens with zero attached hydrogens (tertiary/aromatic N) is 1. The Morgan fingerprint density at radius 2 is 1.80 bits per heavy atom. The van der Waals surface area contributed by atoms with Gasteiger partial charge in [-0.15, -0.1) is 0 Å². The van der Waals surface area contributed by atoms with E-state index < -0.39 is 0 Å². The summed E-state index contributed by atoms with van der Waals surface area (Å²) >= 11 is 0. The lowest BCUT2D eigenvalue weighted by Crippen LogP contribution is -2.18. The molecule has 0 aromatic heterocycles. The fourth-order valence-electron chi connectivity index (χ4n) is 1.45. The van der Waals surface area contributed by atoms with Gasteiger partial charge in [-0.3, -0.25) is 4.79 Å². The standard InChI is InChI=1S/C13H17NO/c1-10(2)9-14(4)13-7-5-12(6-8-13)11(3)15/h5-8H,1,9H2,2-4H3. The van der Waals surface area contributed by atoms with Crippen molar-refractivity contribution in [2.75, 3.05) is 18.5 Å². The summed E-state index contributed by atoms with van der Waals surface area (Å²) in [5.74, 6) is 0.101. The summed E-state index contributed by atoms with van der Waals surface area (Å²) in [7, 11) is 2.01. The number of hydrogen-bond acceptors (Lipinski definition) is 2. The molecule has 0 aliphatic carbocycles. The van der Waals surface area contributed by atoms with Gasteiger partial charge < -0.3 is 4.90 Å². The molecular weight excluding hydrogens is 186 g/mol. The minimum absolute atomic E-state index is 0.101. The molecule has 2 nitrogen and oxygen atoms in total. The van der Waals surface area contributed by atoms with E-state index >= 15 is 0 Å². The number of benzene rings is 1. The fourth-order valence-corrected chi connectivity index (χ4v) is 1.45. The summed E-state index contributed by atoms with van der Waals surface area (Å²) in [5.41, 5.74) is 2.97. The summed E-state index contributed by atoms with van der Waals surface area (Å²) in [6.45, 7) is 8.28. The van der Waals surface area contributed by atoms with Gasteiger partial charge in [-0.1, -0.05) is 12.2 Å². The van der Waals surface area contributed by atoms with Gasteiger partial charge in [-0.25, -0.2) is 0 Å². The van der Waals surface area contributed by atoms with Crippen LogP contribution in [0.2, 0.25) is 0 Å². The molecule has 1 rings (SSSR count). The predicted octanol–water partition coefficient (Wildman–Crippen LogP) is 2.90. The molecule has 0 aliphatic heterocycles. The van der Waals surface area contributed by atoms with Crippen molar-refractivity contribution in [1.82, 2.24) is 0 Å². The maximum atomic E-state index is 11.1. The maximum absolute atomic E-state index is 11.1. The van der Waals surface area contributed by atoms with Crippen LogP contribution in [0.1, 0.15) is 24.2 Å². The summed E-state index contributed by atoms with van der Waals surface area (Å²) in [5, 5.41) is 0. The largest absolute Gasteiger partial charge is 0.371 e. The van der Waals surface area contributed by atoms with E-state index in [1.165, 1.54) is 0 Å². The summed E-state index contributed by atoms with van der Waals surface area (Å²) in [6, 6.07) is 7.62. The Kier molecular flexibility index (Phi) is 3.67. The molecule has 0 bridgehead atoms. The molecule has 0 N–H and O–H groups in total. The number of carbonyl (C=O) groups excluding carboxylic acids is 1. The SMILES string of the molecule is C=C(C)CN(C)c1ccc(C(C)=O)cc1. The van der Waals surface area contributed by atoms with Gasteiger partial charge in [0.2, 0.25) is 0 Å². The predicted molar refractivity (Wildman–Crippen MR) is 64.5 cm³/mol. The van der Waals surface area contributed by atoms with Crippen LogP contribution in [0.4, 0.5) is 5.69 Å². The van der Waals surface area contributed by atoms with Crippen LogP contribution < -0.4 is 4.90 Å². The summed E-state index contributed by atoms with van der Waals surface area (Å²) in [4.78, 5) is 13.2. The molecular formula is C13H17NO. The normalized spacial score (nSPS) is 9.80. The van der Waals surface area contributed by atoms with Gasteiger partial charge in [0.05, 0.1) is 0 Å². The third-order valence-electron chi connectivity index (χ3n) is 2.22. The molecule has 0 fully saturated rings. The van der Waals surface area contributed by atoms with E-state index in [0.29, 0.717) is 0 Å². The first-order chi connectivity index (χ1) is 7.00. The van der Waals surface area contributed by atoms with E-state index in [9.17, 15) is 4.79 Å². The van der Waals surface area contributed by atoms with E-state index in [-0.39, 0.29) is 5.78 Å². The number of likely N-dealkylation sites (N-methyl/N-ethyl adjacent to an activating group) is 1. The lowest BCUT2D eigenvalue weighted by Gasteiger charge is -2.19. The second-order valence-corrected chi connectivity index (χ2v) is 3.92. The highest BCUT2D eigenvalue weighted by Crippen LogP contribution is 2.14. The van der Waals surface area contributed by atoms with E-state index in [0.717, 1.165) is 23.4 Å². The van der Waals surface area contributed by atoms with Crippen LogP contribution in [0.3, 0.4) is 0 Å². The minimum atomic E-state index is 0.101. The number of rotatable bonds is 4. The first kappa shape index (κ1) is 11.5. The molecule has 15 heavy (non-hydrogen) atoms. The van der Waals surface area contributed by atoms with Crippen molar-refractivity contribution >= 4 is 11.5 Å². The zero-order chi connectivity index (χ0) is 11.4. The monoisotopic (exact) mass is 203 g/mol. The average Bonchev–Trinajstić information content (AvgIpc) is 2.17. The number of ketones is 1. The van der Waals surface area contributed by atoms with Crippen molar-refractivity contribution in [1.29, 1.82) is 0 Å². The van der Waals surface area contributed by atoms with Crippen LogP contribution in [-0.2, 0) is 0 Å². The number of anilines is 1. The summed E-state index contributed by atoms with van der Waals surface area (Å²) in [6.07, 6.45) is 0. The van der Waals surface area contributed by atoms with Gasteiger partial charge in [0.25, 0.3) is 0 Å². The van der Waals surface area contributed by atoms with Crippen LogP contribution in [0.25, 0.3) is 0 Å². The smallest absolute Gasteiger partial charge is 0.159 e. The second kappa shape index (κ2) is 4.78. The molecule has 1 aromatic carbocycles. The molecule has 0 saturated carbocycles. The Hall–Kier alpha value is -1.57. The van der Waals surface area contributed by atoms with Crippen molar-refractivity contribution in [3.05, 3.63) is 42.0 Å². The maximum Gasteiger partial charge on any atom is 0.159 e. The Bertz CT molecular complexity index is 365. The lowest BCUT2D eigenvalue weighted by molar-refractivity contribution is 0.101.